The molecule has 0 radical (unpaired) electrons. The maximum absolute atomic E-state index is 12.5. The molecule has 2 atom stereocenters. The highest BCUT2D eigenvalue weighted by Gasteiger charge is 2.32. The summed E-state index contributed by atoms with van der Waals surface area (Å²) in [5.41, 5.74) is 2.40. The summed E-state index contributed by atoms with van der Waals surface area (Å²) >= 11 is 0. The van der Waals surface area contributed by atoms with Crippen molar-refractivity contribution in [3.8, 4) is 0 Å². The van der Waals surface area contributed by atoms with E-state index in [-0.39, 0.29) is 5.91 Å². The van der Waals surface area contributed by atoms with Crippen LogP contribution in [-0.2, 0) is 17.6 Å². The summed E-state index contributed by atoms with van der Waals surface area (Å²) in [7, 11) is 1.98. The van der Waals surface area contributed by atoms with Gasteiger partial charge in [-0.1, -0.05) is 36.8 Å². The van der Waals surface area contributed by atoms with Crippen LogP contribution in [0, 0.1) is 5.92 Å². The Labute approximate surface area is 137 Å². The molecule has 1 saturated carbocycles. The monoisotopic (exact) mass is 311 g/mol. The van der Waals surface area contributed by atoms with Gasteiger partial charge in [-0.25, -0.2) is 4.98 Å². The Morgan fingerprint density at radius 2 is 2.13 bits per heavy atom. The standard InChI is InChI=1S/C19H25N3O/c1-22(19(23)11-10-17-13-20-14-21-17)18-9-5-8-16(18)12-15-6-3-2-4-7-15/h2-4,6-7,13-14,16,18H,5,8-12H2,1H3,(H,20,21)/t16-,18-/m0/s1. The SMILES string of the molecule is CN(C(=O)CCc1cnc[nH]1)[C@H]1CCC[C@H]1Cc1ccccc1. The first kappa shape index (κ1) is 15.8. The Bertz CT molecular complexity index is 609. The summed E-state index contributed by atoms with van der Waals surface area (Å²) in [6.07, 6.45) is 9.38. The van der Waals surface area contributed by atoms with Crippen molar-refractivity contribution < 1.29 is 4.79 Å². The second-order valence-corrected chi connectivity index (χ2v) is 6.53. The normalized spacial score (nSPS) is 20.6. The number of hydrogen-bond donors (Lipinski definition) is 1. The van der Waals surface area contributed by atoms with Crippen molar-refractivity contribution in [1.82, 2.24) is 14.9 Å². The Hall–Kier alpha value is -2.10. The average Bonchev–Trinajstić information content (AvgIpc) is 3.24. The smallest absolute Gasteiger partial charge is 0.222 e. The Morgan fingerprint density at radius 1 is 1.30 bits per heavy atom. The second kappa shape index (κ2) is 7.44. The van der Waals surface area contributed by atoms with Crippen LogP contribution in [0.1, 0.15) is 36.9 Å². The molecular weight excluding hydrogens is 286 g/mol. The van der Waals surface area contributed by atoms with Crippen LogP contribution >= 0.6 is 0 Å². The molecule has 3 rings (SSSR count). The van der Waals surface area contributed by atoms with Crippen LogP contribution < -0.4 is 0 Å². The van der Waals surface area contributed by atoms with Crippen LogP contribution in [-0.4, -0.2) is 33.9 Å². The molecular formula is C19H25N3O. The minimum absolute atomic E-state index is 0.240. The van der Waals surface area contributed by atoms with E-state index in [1.807, 2.05) is 11.9 Å². The minimum Gasteiger partial charge on any atom is -0.348 e. The zero-order valence-electron chi connectivity index (χ0n) is 13.7. The number of carbonyl (C=O) groups is 1. The van der Waals surface area contributed by atoms with E-state index in [4.69, 9.17) is 0 Å². The maximum Gasteiger partial charge on any atom is 0.222 e. The average molecular weight is 311 g/mol. The van der Waals surface area contributed by atoms with Gasteiger partial charge in [0.05, 0.1) is 6.33 Å². The highest BCUT2D eigenvalue weighted by molar-refractivity contribution is 5.76. The molecule has 0 spiro atoms. The number of hydrogen-bond acceptors (Lipinski definition) is 2. The highest BCUT2D eigenvalue weighted by Crippen LogP contribution is 2.32. The van der Waals surface area contributed by atoms with Crippen molar-refractivity contribution in [3.05, 3.63) is 54.1 Å². The van der Waals surface area contributed by atoms with Gasteiger partial charge in [0.25, 0.3) is 0 Å². The fraction of sp³-hybridized carbons (Fsp3) is 0.474. The highest BCUT2D eigenvalue weighted by atomic mass is 16.2. The van der Waals surface area contributed by atoms with Crippen molar-refractivity contribution in [3.63, 3.8) is 0 Å². The van der Waals surface area contributed by atoms with Crippen molar-refractivity contribution >= 4 is 5.91 Å². The Morgan fingerprint density at radius 3 is 2.87 bits per heavy atom. The van der Waals surface area contributed by atoms with Crippen LogP contribution in [0.25, 0.3) is 0 Å². The van der Waals surface area contributed by atoms with E-state index in [9.17, 15) is 4.79 Å². The molecule has 23 heavy (non-hydrogen) atoms. The number of carbonyl (C=O) groups excluding carboxylic acids is 1. The first-order chi connectivity index (χ1) is 11.2. The van der Waals surface area contributed by atoms with Crippen LogP contribution in [0.15, 0.2) is 42.9 Å². The quantitative estimate of drug-likeness (QED) is 0.890. The molecule has 1 heterocycles. The number of H-pyrrole nitrogens is 1. The van der Waals surface area contributed by atoms with E-state index in [0.717, 1.165) is 25.0 Å². The first-order valence-corrected chi connectivity index (χ1v) is 8.51. The van der Waals surface area contributed by atoms with E-state index in [1.165, 1.54) is 18.4 Å². The molecule has 1 aliphatic rings. The van der Waals surface area contributed by atoms with Gasteiger partial charge < -0.3 is 9.88 Å². The van der Waals surface area contributed by atoms with Gasteiger partial charge in [-0.15, -0.1) is 0 Å². The number of aromatic amines is 1. The van der Waals surface area contributed by atoms with Crippen molar-refractivity contribution in [2.75, 3.05) is 7.05 Å². The molecule has 2 aromatic rings. The van der Waals surface area contributed by atoms with E-state index >= 15 is 0 Å². The predicted molar refractivity (Wildman–Crippen MR) is 91.0 cm³/mol. The summed E-state index contributed by atoms with van der Waals surface area (Å²) in [5, 5.41) is 0. The van der Waals surface area contributed by atoms with Gasteiger partial charge in [-0.3, -0.25) is 4.79 Å². The summed E-state index contributed by atoms with van der Waals surface area (Å²) in [6, 6.07) is 11.0. The largest absolute Gasteiger partial charge is 0.348 e. The number of nitrogens with zero attached hydrogens (tertiary/aromatic N) is 2. The van der Waals surface area contributed by atoms with Crippen molar-refractivity contribution in [2.24, 2.45) is 5.92 Å². The molecule has 1 fully saturated rings. The summed E-state index contributed by atoms with van der Waals surface area (Å²) in [4.78, 5) is 21.6. The zero-order chi connectivity index (χ0) is 16.1. The number of nitrogens with one attached hydrogen (secondary N) is 1. The lowest BCUT2D eigenvalue weighted by Crippen LogP contribution is -2.40. The van der Waals surface area contributed by atoms with Crippen LogP contribution in [0.4, 0.5) is 0 Å². The van der Waals surface area contributed by atoms with Gasteiger partial charge in [-0.05, 0) is 37.2 Å². The summed E-state index contributed by atoms with van der Waals surface area (Å²) in [5.74, 6) is 0.822. The van der Waals surface area contributed by atoms with Crippen LogP contribution in [0.3, 0.4) is 0 Å². The zero-order valence-corrected chi connectivity index (χ0v) is 13.7. The minimum atomic E-state index is 0.240. The molecule has 0 aliphatic heterocycles. The molecule has 1 aromatic carbocycles. The molecule has 1 aromatic heterocycles. The van der Waals surface area contributed by atoms with Crippen LogP contribution in [0.5, 0.6) is 0 Å². The molecule has 1 N–H and O–H groups in total. The lowest BCUT2D eigenvalue weighted by Gasteiger charge is -2.30. The second-order valence-electron chi connectivity index (χ2n) is 6.53. The fourth-order valence-electron chi connectivity index (χ4n) is 3.71. The molecule has 1 amide bonds. The third-order valence-electron chi connectivity index (χ3n) is 5.01. The Kier molecular flexibility index (Phi) is 5.11. The summed E-state index contributed by atoms with van der Waals surface area (Å²) in [6.45, 7) is 0. The number of aryl methyl sites for hydroxylation is 1. The summed E-state index contributed by atoms with van der Waals surface area (Å²) < 4.78 is 0. The lowest BCUT2D eigenvalue weighted by molar-refractivity contribution is -0.132. The lowest BCUT2D eigenvalue weighted by atomic mass is 9.93. The van der Waals surface area contributed by atoms with Gasteiger partial charge in [0.2, 0.25) is 5.91 Å². The fourth-order valence-corrected chi connectivity index (χ4v) is 3.71. The number of imidazole rings is 1. The maximum atomic E-state index is 12.5. The van der Waals surface area contributed by atoms with Gasteiger partial charge in [0.1, 0.15) is 0 Å². The number of aromatic nitrogens is 2. The van der Waals surface area contributed by atoms with E-state index in [1.54, 1.807) is 12.5 Å². The van der Waals surface area contributed by atoms with Gasteiger partial charge in [0, 0.05) is 31.4 Å². The van der Waals surface area contributed by atoms with E-state index in [0.29, 0.717) is 18.4 Å². The third-order valence-corrected chi connectivity index (χ3v) is 5.01. The molecule has 1 aliphatic carbocycles. The predicted octanol–water partition coefficient (Wildman–Crippen LogP) is 3.21. The number of rotatable bonds is 6. The Balaban J connectivity index is 1.56. The number of amides is 1. The molecule has 0 unspecified atom stereocenters. The van der Waals surface area contributed by atoms with Gasteiger partial charge in [-0.2, -0.15) is 0 Å². The van der Waals surface area contributed by atoms with Crippen LogP contribution in [0.2, 0.25) is 0 Å². The topological polar surface area (TPSA) is 49.0 Å². The molecule has 122 valence electrons. The molecule has 4 heteroatoms. The first-order valence-electron chi connectivity index (χ1n) is 8.51. The van der Waals surface area contributed by atoms with Crippen molar-refractivity contribution in [2.45, 2.75) is 44.6 Å². The van der Waals surface area contributed by atoms with Crippen molar-refractivity contribution in [1.29, 1.82) is 0 Å². The van der Waals surface area contributed by atoms with E-state index in [2.05, 4.69) is 40.3 Å². The number of benzene rings is 1. The third kappa shape index (κ3) is 4.01. The van der Waals surface area contributed by atoms with Gasteiger partial charge >= 0.3 is 0 Å². The molecule has 4 nitrogen and oxygen atoms in total. The molecule has 0 saturated heterocycles. The van der Waals surface area contributed by atoms with E-state index < -0.39 is 0 Å². The molecule has 0 bridgehead atoms. The van der Waals surface area contributed by atoms with Gasteiger partial charge in [0.15, 0.2) is 0 Å².